The van der Waals surface area contributed by atoms with Gasteiger partial charge in [0.15, 0.2) is 5.78 Å². The first-order chi connectivity index (χ1) is 11.3. The van der Waals surface area contributed by atoms with Crippen molar-refractivity contribution in [1.29, 1.82) is 0 Å². The standard InChI is InChI=1S/C21H30O3/c1-4-21(23)10-8-14-13-6-5-12-11-16(22)17-18(24-17)20(12,3)15(13)7-9-19(14,21)2/h11,13-15,17-18,23H,4-10H2,1-3H3/t13-,14-,15-,17?,18?,19-,20-,21+/m0/s1. The van der Waals surface area contributed by atoms with Crippen LogP contribution in [0, 0.1) is 28.6 Å². The highest BCUT2D eigenvalue weighted by atomic mass is 16.6. The minimum atomic E-state index is -0.471. The molecule has 2 unspecified atom stereocenters. The lowest BCUT2D eigenvalue weighted by molar-refractivity contribution is -0.129. The van der Waals surface area contributed by atoms with E-state index >= 15 is 0 Å². The molecule has 3 saturated carbocycles. The van der Waals surface area contributed by atoms with Crippen LogP contribution in [0.2, 0.25) is 0 Å². The van der Waals surface area contributed by atoms with E-state index in [0.29, 0.717) is 17.8 Å². The maximum Gasteiger partial charge on any atom is 0.187 e. The second-order valence-corrected chi connectivity index (χ2v) is 9.63. The van der Waals surface area contributed by atoms with Crippen LogP contribution >= 0.6 is 0 Å². The number of carbonyl (C=O) groups is 1. The van der Waals surface area contributed by atoms with E-state index in [9.17, 15) is 9.90 Å². The summed E-state index contributed by atoms with van der Waals surface area (Å²) in [5, 5.41) is 11.3. The summed E-state index contributed by atoms with van der Waals surface area (Å²) >= 11 is 0. The zero-order valence-corrected chi connectivity index (χ0v) is 15.2. The monoisotopic (exact) mass is 330 g/mol. The summed E-state index contributed by atoms with van der Waals surface area (Å²) < 4.78 is 5.86. The van der Waals surface area contributed by atoms with Gasteiger partial charge >= 0.3 is 0 Å². The average molecular weight is 330 g/mol. The number of hydrogen-bond donors (Lipinski definition) is 1. The van der Waals surface area contributed by atoms with Gasteiger partial charge in [-0.2, -0.15) is 0 Å². The van der Waals surface area contributed by atoms with Crippen LogP contribution in [0.1, 0.15) is 65.7 Å². The molecule has 1 heterocycles. The number of fused-ring (bicyclic) bond motifs is 7. The zero-order valence-electron chi connectivity index (χ0n) is 15.2. The van der Waals surface area contributed by atoms with Gasteiger partial charge in [-0.25, -0.2) is 0 Å². The van der Waals surface area contributed by atoms with E-state index in [2.05, 4.69) is 20.8 Å². The Kier molecular flexibility index (Phi) is 2.94. The molecule has 132 valence electrons. The highest BCUT2D eigenvalue weighted by Gasteiger charge is 2.68. The summed E-state index contributed by atoms with van der Waals surface area (Å²) in [7, 11) is 0. The Balaban J connectivity index is 1.53. The quantitative estimate of drug-likeness (QED) is 0.747. The summed E-state index contributed by atoms with van der Waals surface area (Å²) in [6, 6.07) is 0. The van der Waals surface area contributed by atoms with Gasteiger partial charge < -0.3 is 9.84 Å². The van der Waals surface area contributed by atoms with Crippen molar-refractivity contribution < 1.29 is 14.6 Å². The number of hydrogen-bond acceptors (Lipinski definition) is 3. The Morgan fingerprint density at radius 1 is 1.21 bits per heavy atom. The lowest BCUT2D eigenvalue weighted by Crippen LogP contribution is -2.56. The van der Waals surface area contributed by atoms with E-state index in [1.165, 1.54) is 24.8 Å². The molecule has 3 nitrogen and oxygen atoms in total. The normalized spacial score (nSPS) is 58.2. The molecule has 5 rings (SSSR count). The van der Waals surface area contributed by atoms with Crippen LogP contribution in [0.3, 0.4) is 0 Å². The number of ketones is 1. The molecular formula is C21H30O3. The maximum absolute atomic E-state index is 12.1. The first-order valence-corrected chi connectivity index (χ1v) is 9.98. The average Bonchev–Trinajstić information content (AvgIpc) is 3.32. The molecule has 0 aromatic rings. The van der Waals surface area contributed by atoms with Gasteiger partial charge in [-0.1, -0.05) is 26.3 Å². The van der Waals surface area contributed by atoms with Crippen molar-refractivity contribution >= 4 is 5.78 Å². The van der Waals surface area contributed by atoms with Gasteiger partial charge in [0.1, 0.15) is 12.2 Å². The first-order valence-electron chi connectivity index (χ1n) is 9.98. The second-order valence-electron chi connectivity index (χ2n) is 9.63. The minimum Gasteiger partial charge on any atom is -0.389 e. The molecule has 1 N–H and O–H groups in total. The molecule has 1 aliphatic heterocycles. The number of epoxide rings is 1. The Hall–Kier alpha value is -0.670. The molecule has 0 bridgehead atoms. The van der Waals surface area contributed by atoms with E-state index < -0.39 is 5.60 Å². The van der Waals surface area contributed by atoms with Crippen molar-refractivity contribution in [3.05, 3.63) is 11.6 Å². The largest absolute Gasteiger partial charge is 0.389 e. The topological polar surface area (TPSA) is 49.8 Å². The molecule has 1 saturated heterocycles. The number of carbonyl (C=O) groups excluding carboxylic acids is 1. The first kappa shape index (κ1) is 15.6. The SMILES string of the molecule is CC[C@@]1(O)CC[C@H]2[C@@H]3CCC4=CC(=O)C5OC5[C@]4(C)[C@H]3CC[C@@]21C. The van der Waals surface area contributed by atoms with Crippen LogP contribution in [0.4, 0.5) is 0 Å². The fourth-order valence-corrected chi connectivity index (χ4v) is 7.62. The summed E-state index contributed by atoms with van der Waals surface area (Å²) in [5.74, 6) is 2.14. The molecule has 4 aliphatic carbocycles. The van der Waals surface area contributed by atoms with Crippen LogP contribution in [-0.4, -0.2) is 28.7 Å². The van der Waals surface area contributed by atoms with Crippen LogP contribution < -0.4 is 0 Å². The lowest BCUT2D eigenvalue weighted by Gasteiger charge is -2.58. The van der Waals surface area contributed by atoms with Gasteiger partial charge in [-0.3, -0.25) is 4.79 Å². The molecule has 0 aromatic heterocycles. The van der Waals surface area contributed by atoms with Gasteiger partial charge in [0.05, 0.1) is 5.60 Å². The van der Waals surface area contributed by atoms with Crippen LogP contribution in [0.15, 0.2) is 11.6 Å². The molecule has 8 atom stereocenters. The molecule has 0 amide bonds. The predicted octanol–water partition coefficient (Wildman–Crippen LogP) is 3.65. The summed E-state index contributed by atoms with van der Waals surface area (Å²) in [5.41, 5.74) is 1.03. The fraction of sp³-hybridized carbons (Fsp3) is 0.857. The number of aliphatic hydroxyl groups is 1. The van der Waals surface area contributed by atoms with Gasteiger partial charge in [-0.15, -0.1) is 0 Å². The second kappa shape index (κ2) is 4.54. The predicted molar refractivity (Wildman–Crippen MR) is 91.4 cm³/mol. The summed E-state index contributed by atoms with van der Waals surface area (Å²) in [4.78, 5) is 12.1. The van der Waals surface area contributed by atoms with Gasteiger partial charge in [-0.05, 0) is 74.2 Å². The Labute approximate surface area is 144 Å². The van der Waals surface area contributed by atoms with Crippen molar-refractivity contribution in [2.75, 3.05) is 0 Å². The maximum atomic E-state index is 12.1. The van der Waals surface area contributed by atoms with Crippen LogP contribution in [-0.2, 0) is 9.53 Å². The van der Waals surface area contributed by atoms with Gasteiger partial charge in [0.2, 0.25) is 0 Å². The molecular weight excluding hydrogens is 300 g/mol. The van der Waals surface area contributed by atoms with E-state index in [1.54, 1.807) is 0 Å². The van der Waals surface area contributed by atoms with Crippen molar-refractivity contribution in [1.82, 2.24) is 0 Å². The molecule has 5 aliphatic rings. The Morgan fingerprint density at radius 3 is 2.71 bits per heavy atom. The molecule has 3 heteroatoms. The van der Waals surface area contributed by atoms with E-state index in [4.69, 9.17) is 4.74 Å². The van der Waals surface area contributed by atoms with Crippen molar-refractivity contribution in [2.24, 2.45) is 28.6 Å². The van der Waals surface area contributed by atoms with E-state index in [-0.39, 0.29) is 28.8 Å². The van der Waals surface area contributed by atoms with Crippen molar-refractivity contribution in [3.8, 4) is 0 Å². The van der Waals surface area contributed by atoms with Gasteiger partial charge in [0, 0.05) is 5.41 Å². The Morgan fingerprint density at radius 2 is 1.96 bits per heavy atom. The zero-order chi connectivity index (χ0) is 16.9. The molecule has 0 spiro atoms. The summed E-state index contributed by atoms with van der Waals surface area (Å²) in [6.07, 6.45) is 9.46. The molecule has 24 heavy (non-hydrogen) atoms. The third kappa shape index (κ3) is 1.60. The fourth-order valence-electron chi connectivity index (χ4n) is 7.62. The van der Waals surface area contributed by atoms with Crippen molar-refractivity contribution in [2.45, 2.75) is 83.5 Å². The smallest absolute Gasteiger partial charge is 0.187 e. The minimum absolute atomic E-state index is 0.0652. The van der Waals surface area contributed by atoms with E-state index in [0.717, 1.165) is 25.7 Å². The third-order valence-electron chi connectivity index (χ3n) is 9.23. The van der Waals surface area contributed by atoms with Gasteiger partial charge in [0.25, 0.3) is 0 Å². The molecule has 0 aromatic carbocycles. The Bertz CT molecular complexity index is 639. The highest BCUT2D eigenvalue weighted by Crippen LogP contribution is 2.69. The highest BCUT2D eigenvalue weighted by molar-refractivity contribution is 5.98. The molecule has 4 fully saturated rings. The van der Waals surface area contributed by atoms with Crippen molar-refractivity contribution in [3.63, 3.8) is 0 Å². The summed E-state index contributed by atoms with van der Waals surface area (Å²) in [6.45, 7) is 6.88. The lowest BCUT2D eigenvalue weighted by atomic mass is 9.46. The van der Waals surface area contributed by atoms with Crippen LogP contribution in [0.25, 0.3) is 0 Å². The van der Waals surface area contributed by atoms with E-state index in [1.807, 2.05) is 6.08 Å². The number of ether oxygens (including phenoxy) is 1. The third-order valence-corrected chi connectivity index (χ3v) is 9.23. The van der Waals surface area contributed by atoms with Crippen LogP contribution in [0.5, 0.6) is 0 Å². The number of rotatable bonds is 1. The molecule has 0 radical (unpaired) electrons.